The first-order valence-corrected chi connectivity index (χ1v) is 6.94. The van der Waals surface area contributed by atoms with Gasteiger partial charge in [0.15, 0.2) is 5.82 Å². The topological polar surface area (TPSA) is 111 Å². The fourth-order valence-corrected chi connectivity index (χ4v) is 2.19. The van der Waals surface area contributed by atoms with E-state index >= 15 is 0 Å². The molecule has 1 aromatic heterocycles. The SMILES string of the molecule is Cl.Nc1ccc(-c2ncnc(O)n2)c(C=Cc2ccccc2)c1N. The lowest BCUT2D eigenvalue weighted by Crippen LogP contribution is -2.01. The molecule has 24 heavy (non-hydrogen) atoms. The van der Waals surface area contributed by atoms with Gasteiger partial charge in [-0.1, -0.05) is 42.5 Å². The molecule has 7 heteroatoms. The molecular formula is C17H16ClN5O. The van der Waals surface area contributed by atoms with E-state index in [0.717, 1.165) is 5.56 Å². The number of aromatic hydroxyl groups is 1. The van der Waals surface area contributed by atoms with Crippen LogP contribution in [0, 0.1) is 0 Å². The number of hydrogen-bond donors (Lipinski definition) is 3. The van der Waals surface area contributed by atoms with E-state index in [4.69, 9.17) is 11.5 Å². The first kappa shape index (κ1) is 17.2. The summed E-state index contributed by atoms with van der Waals surface area (Å²) in [6.07, 6.45) is 5.03. The zero-order valence-corrected chi connectivity index (χ0v) is 13.4. The Kier molecular flexibility index (Phi) is 5.34. The van der Waals surface area contributed by atoms with E-state index in [1.807, 2.05) is 42.5 Å². The standard InChI is InChI=1S/C17H15N5O.ClH/c18-14-9-8-13(16-20-10-21-17(23)22-16)12(15(14)19)7-6-11-4-2-1-3-5-11;/h1-10H,18-19H2,(H,20,21,22,23);1H. The Hall–Kier alpha value is -3.12. The van der Waals surface area contributed by atoms with Crippen molar-refractivity contribution in [1.29, 1.82) is 0 Å². The Labute approximate surface area is 145 Å². The smallest absolute Gasteiger partial charge is 0.317 e. The van der Waals surface area contributed by atoms with Gasteiger partial charge in [-0.25, -0.2) is 4.98 Å². The highest BCUT2D eigenvalue weighted by atomic mass is 35.5. The van der Waals surface area contributed by atoms with Gasteiger partial charge >= 0.3 is 6.01 Å². The molecule has 1 heterocycles. The molecule has 2 aromatic carbocycles. The lowest BCUT2D eigenvalue weighted by molar-refractivity contribution is 0.428. The minimum atomic E-state index is -0.344. The molecule has 0 saturated carbocycles. The number of benzene rings is 2. The molecule has 0 unspecified atom stereocenters. The van der Waals surface area contributed by atoms with Crippen LogP contribution in [-0.2, 0) is 0 Å². The molecule has 0 aliphatic heterocycles. The van der Waals surface area contributed by atoms with Gasteiger partial charge in [0.05, 0.1) is 11.4 Å². The zero-order valence-electron chi connectivity index (χ0n) is 12.6. The van der Waals surface area contributed by atoms with E-state index in [2.05, 4.69) is 15.0 Å². The summed E-state index contributed by atoms with van der Waals surface area (Å²) >= 11 is 0. The maximum atomic E-state index is 9.46. The van der Waals surface area contributed by atoms with Gasteiger partial charge in [-0.05, 0) is 17.7 Å². The average Bonchev–Trinajstić information content (AvgIpc) is 2.57. The molecule has 0 aliphatic carbocycles. The average molecular weight is 342 g/mol. The largest absolute Gasteiger partial charge is 0.479 e. The van der Waals surface area contributed by atoms with E-state index in [1.165, 1.54) is 6.33 Å². The van der Waals surface area contributed by atoms with E-state index in [1.54, 1.807) is 12.1 Å². The number of rotatable bonds is 3. The molecule has 0 bridgehead atoms. The van der Waals surface area contributed by atoms with Crippen molar-refractivity contribution in [3.05, 3.63) is 59.9 Å². The molecule has 3 aromatic rings. The number of hydrogen-bond acceptors (Lipinski definition) is 6. The first-order chi connectivity index (χ1) is 11.1. The fourth-order valence-electron chi connectivity index (χ4n) is 2.19. The molecule has 0 amide bonds. The molecule has 0 saturated heterocycles. The molecular weight excluding hydrogens is 326 g/mol. The Bertz CT molecular complexity index is 868. The highest BCUT2D eigenvalue weighted by Crippen LogP contribution is 2.31. The molecule has 0 radical (unpaired) electrons. The Balaban J connectivity index is 0.00000208. The first-order valence-electron chi connectivity index (χ1n) is 6.94. The second kappa shape index (κ2) is 7.43. The summed E-state index contributed by atoms with van der Waals surface area (Å²) in [5.74, 6) is 0.330. The second-order valence-electron chi connectivity index (χ2n) is 4.88. The van der Waals surface area contributed by atoms with Gasteiger partial charge in [-0.3, -0.25) is 0 Å². The van der Waals surface area contributed by atoms with Crippen molar-refractivity contribution in [2.45, 2.75) is 0 Å². The summed E-state index contributed by atoms with van der Waals surface area (Å²) < 4.78 is 0. The molecule has 6 nitrogen and oxygen atoms in total. The van der Waals surface area contributed by atoms with Crippen molar-refractivity contribution in [2.75, 3.05) is 11.5 Å². The second-order valence-corrected chi connectivity index (χ2v) is 4.88. The Morgan fingerprint density at radius 1 is 0.917 bits per heavy atom. The van der Waals surface area contributed by atoms with Crippen LogP contribution in [0.3, 0.4) is 0 Å². The summed E-state index contributed by atoms with van der Waals surface area (Å²) in [6, 6.07) is 12.9. The van der Waals surface area contributed by atoms with E-state index in [9.17, 15) is 5.11 Å². The maximum Gasteiger partial charge on any atom is 0.317 e. The summed E-state index contributed by atoms with van der Waals surface area (Å²) in [7, 11) is 0. The van der Waals surface area contributed by atoms with Crippen molar-refractivity contribution in [3.8, 4) is 17.4 Å². The Morgan fingerprint density at radius 3 is 2.38 bits per heavy atom. The summed E-state index contributed by atoms with van der Waals surface area (Å²) in [5.41, 5.74) is 15.3. The third-order valence-electron chi connectivity index (χ3n) is 3.36. The summed E-state index contributed by atoms with van der Waals surface area (Å²) in [5, 5.41) is 9.46. The van der Waals surface area contributed by atoms with Gasteiger partial charge in [0, 0.05) is 11.1 Å². The van der Waals surface area contributed by atoms with Crippen molar-refractivity contribution in [2.24, 2.45) is 0 Å². The van der Waals surface area contributed by atoms with Gasteiger partial charge in [-0.15, -0.1) is 12.4 Å². The highest BCUT2D eigenvalue weighted by Gasteiger charge is 2.12. The minimum absolute atomic E-state index is 0. The van der Waals surface area contributed by atoms with Gasteiger partial charge in [-0.2, -0.15) is 9.97 Å². The lowest BCUT2D eigenvalue weighted by atomic mass is 10.0. The number of halogens is 1. The van der Waals surface area contributed by atoms with Crippen LogP contribution in [0.25, 0.3) is 23.5 Å². The lowest BCUT2D eigenvalue weighted by Gasteiger charge is -2.10. The number of aromatic nitrogens is 3. The van der Waals surface area contributed by atoms with Gasteiger partial charge in [0.2, 0.25) is 0 Å². The molecule has 5 N–H and O–H groups in total. The Morgan fingerprint density at radius 2 is 1.67 bits per heavy atom. The third kappa shape index (κ3) is 3.61. The fraction of sp³-hybridized carbons (Fsp3) is 0. The van der Waals surface area contributed by atoms with Crippen LogP contribution in [0.2, 0.25) is 0 Å². The van der Waals surface area contributed by atoms with Crippen LogP contribution in [0.5, 0.6) is 6.01 Å². The molecule has 0 aliphatic rings. The molecule has 0 fully saturated rings. The van der Waals surface area contributed by atoms with Crippen molar-refractivity contribution in [1.82, 2.24) is 15.0 Å². The van der Waals surface area contributed by atoms with Crippen LogP contribution >= 0.6 is 12.4 Å². The van der Waals surface area contributed by atoms with Crippen LogP contribution in [0.1, 0.15) is 11.1 Å². The van der Waals surface area contributed by atoms with Crippen molar-refractivity contribution >= 4 is 35.9 Å². The predicted octanol–water partition coefficient (Wildman–Crippen LogP) is 3.00. The number of nitrogens with zero attached hydrogens (tertiary/aromatic N) is 3. The van der Waals surface area contributed by atoms with Gasteiger partial charge in [0.25, 0.3) is 0 Å². The zero-order chi connectivity index (χ0) is 16.2. The molecule has 122 valence electrons. The quantitative estimate of drug-likeness (QED) is 0.499. The monoisotopic (exact) mass is 341 g/mol. The van der Waals surface area contributed by atoms with E-state index < -0.39 is 0 Å². The highest BCUT2D eigenvalue weighted by molar-refractivity contribution is 5.89. The van der Waals surface area contributed by atoms with Gasteiger partial charge in [0.1, 0.15) is 6.33 Å². The summed E-state index contributed by atoms with van der Waals surface area (Å²) in [6.45, 7) is 0. The third-order valence-corrected chi connectivity index (χ3v) is 3.36. The predicted molar refractivity (Wildman–Crippen MR) is 98.4 cm³/mol. The van der Waals surface area contributed by atoms with Crippen molar-refractivity contribution < 1.29 is 5.11 Å². The minimum Gasteiger partial charge on any atom is -0.479 e. The molecule has 0 spiro atoms. The van der Waals surface area contributed by atoms with Crippen LogP contribution in [0.15, 0.2) is 48.8 Å². The number of nitrogens with two attached hydrogens (primary N) is 2. The van der Waals surface area contributed by atoms with Crippen LogP contribution < -0.4 is 11.5 Å². The maximum absolute atomic E-state index is 9.46. The van der Waals surface area contributed by atoms with E-state index in [0.29, 0.717) is 28.3 Å². The normalized spacial score (nSPS) is 10.5. The molecule has 3 rings (SSSR count). The van der Waals surface area contributed by atoms with Crippen LogP contribution in [0.4, 0.5) is 11.4 Å². The van der Waals surface area contributed by atoms with E-state index in [-0.39, 0.29) is 18.4 Å². The summed E-state index contributed by atoms with van der Waals surface area (Å²) in [4.78, 5) is 11.6. The molecule has 0 atom stereocenters. The van der Waals surface area contributed by atoms with Crippen molar-refractivity contribution in [3.63, 3.8) is 0 Å². The van der Waals surface area contributed by atoms with Crippen LogP contribution in [-0.4, -0.2) is 20.1 Å². The number of anilines is 2. The van der Waals surface area contributed by atoms with Gasteiger partial charge < -0.3 is 16.6 Å². The number of nitrogen functional groups attached to an aromatic ring is 2.